The average Bonchev–Trinajstić information content (AvgIpc) is 3.38. The molecule has 3 rings (SSSR count). The second-order valence-corrected chi connectivity index (χ2v) is 6.42. The second kappa shape index (κ2) is 6.98. The zero-order valence-corrected chi connectivity index (χ0v) is 14.1. The number of aromatic nitrogens is 2. The van der Waals surface area contributed by atoms with Gasteiger partial charge in [0.1, 0.15) is 0 Å². The molecule has 124 valence electrons. The van der Waals surface area contributed by atoms with Gasteiger partial charge < -0.3 is 5.32 Å². The van der Waals surface area contributed by atoms with Crippen molar-refractivity contribution in [1.29, 1.82) is 0 Å². The zero-order chi connectivity index (χ0) is 17.1. The van der Waals surface area contributed by atoms with E-state index in [1.54, 1.807) is 12.4 Å². The quantitative estimate of drug-likeness (QED) is 0.806. The Balaban J connectivity index is 2.00. The summed E-state index contributed by atoms with van der Waals surface area (Å²) in [6.07, 6.45) is 7.11. The highest BCUT2D eigenvalue weighted by Gasteiger charge is 2.33. The molecule has 1 N–H and O–H groups in total. The summed E-state index contributed by atoms with van der Waals surface area (Å²) < 4.78 is 14.3. The van der Waals surface area contributed by atoms with Crippen LogP contribution in [0, 0.1) is 25.6 Å². The molecule has 2 aromatic rings. The van der Waals surface area contributed by atoms with Gasteiger partial charge in [0, 0.05) is 36.1 Å². The Morgan fingerprint density at radius 2 is 2.12 bits per heavy atom. The predicted molar refractivity (Wildman–Crippen MR) is 94.1 cm³/mol. The summed E-state index contributed by atoms with van der Waals surface area (Å²) in [6.45, 7) is 8.20. The fourth-order valence-corrected chi connectivity index (χ4v) is 3.10. The minimum atomic E-state index is -0.321. The lowest BCUT2D eigenvalue weighted by atomic mass is 9.96. The first-order chi connectivity index (χ1) is 11.6. The highest BCUT2D eigenvalue weighted by atomic mass is 19.1. The number of pyridine rings is 2. The molecular weight excluding hydrogens is 301 g/mol. The number of hydrogen-bond acceptors (Lipinski definition) is 3. The molecular formula is C20H22FN3. The van der Waals surface area contributed by atoms with E-state index in [0.29, 0.717) is 17.4 Å². The molecule has 0 spiro atoms. The molecule has 2 heterocycles. The Morgan fingerprint density at radius 1 is 1.33 bits per heavy atom. The van der Waals surface area contributed by atoms with Crippen molar-refractivity contribution in [3.05, 3.63) is 65.7 Å². The van der Waals surface area contributed by atoms with E-state index in [4.69, 9.17) is 4.98 Å². The lowest BCUT2D eigenvalue weighted by Gasteiger charge is -2.18. The highest BCUT2D eigenvalue weighted by molar-refractivity contribution is 5.66. The van der Waals surface area contributed by atoms with E-state index in [1.807, 2.05) is 19.9 Å². The molecule has 0 radical (unpaired) electrons. The molecule has 1 aliphatic carbocycles. The van der Waals surface area contributed by atoms with Crippen LogP contribution in [0.2, 0.25) is 0 Å². The summed E-state index contributed by atoms with van der Waals surface area (Å²) in [7, 11) is 0. The molecule has 4 heteroatoms. The first-order valence-corrected chi connectivity index (χ1v) is 8.27. The second-order valence-electron chi connectivity index (χ2n) is 6.42. The fourth-order valence-electron chi connectivity index (χ4n) is 3.10. The third-order valence-electron chi connectivity index (χ3n) is 4.56. The monoisotopic (exact) mass is 323 g/mol. The van der Waals surface area contributed by atoms with E-state index >= 15 is 0 Å². The molecule has 1 unspecified atom stereocenters. The van der Waals surface area contributed by atoms with Crippen LogP contribution in [0.1, 0.15) is 35.6 Å². The maximum absolute atomic E-state index is 14.3. The molecule has 1 atom stereocenters. The van der Waals surface area contributed by atoms with E-state index in [1.165, 1.54) is 19.0 Å². The Kier molecular flexibility index (Phi) is 4.77. The van der Waals surface area contributed by atoms with Crippen molar-refractivity contribution < 1.29 is 4.39 Å². The van der Waals surface area contributed by atoms with Crippen molar-refractivity contribution in [2.24, 2.45) is 5.92 Å². The standard InChI is InChI=1S/C20H22FN3/c1-4-9-22-11-16(15-6-7-15)18-8-5-13(2)20(24-18)19-14(3)10-23-12-17(19)21/h5,8-10,12,15-16,22H,1,6-7,11H2,2-3H3. The van der Waals surface area contributed by atoms with Crippen molar-refractivity contribution in [3.8, 4) is 11.3 Å². The summed E-state index contributed by atoms with van der Waals surface area (Å²) in [4.78, 5) is 8.76. The molecule has 0 aromatic carbocycles. The van der Waals surface area contributed by atoms with Gasteiger partial charge in [0.05, 0.1) is 11.9 Å². The molecule has 3 nitrogen and oxygen atoms in total. The van der Waals surface area contributed by atoms with Crippen molar-refractivity contribution in [2.75, 3.05) is 6.54 Å². The lowest BCUT2D eigenvalue weighted by Crippen LogP contribution is -2.19. The van der Waals surface area contributed by atoms with Gasteiger partial charge in [-0.15, -0.1) is 5.73 Å². The van der Waals surface area contributed by atoms with Crippen molar-refractivity contribution >= 4 is 0 Å². The Hall–Kier alpha value is -2.45. The lowest BCUT2D eigenvalue weighted by molar-refractivity contribution is 0.564. The van der Waals surface area contributed by atoms with Gasteiger partial charge in [0.2, 0.25) is 0 Å². The fraction of sp³-hybridized carbons (Fsp3) is 0.350. The summed E-state index contributed by atoms with van der Waals surface area (Å²) >= 11 is 0. The Bertz CT molecular complexity index is 769. The highest BCUT2D eigenvalue weighted by Crippen LogP contribution is 2.42. The predicted octanol–water partition coefficient (Wildman–Crippen LogP) is 4.28. The van der Waals surface area contributed by atoms with Gasteiger partial charge in [-0.05, 0) is 49.8 Å². The zero-order valence-electron chi connectivity index (χ0n) is 14.1. The number of rotatable bonds is 6. The van der Waals surface area contributed by atoms with Crippen LogP contribution in [0.3, 0.4) is 0 Å². The van der Waals surface area contributed by atoms with Crippen LogP contribution in [0.4, 0.5) is 4.39 Å². The van der Waals surface area contributed by atoms with Gasteiger partial charge in [0.15, 0.2) is 5.82 Å². The number of hydrogen-bond donors (Lipinski definition) is 1. The topological polar surface area (TPSA) is 37.8 Å². The van der Waals surface area contributed by atoms with E-state index in [-0.39, 0.29) is 5.82 Å². The molecule has 2 aromatic heterocycles. The van der Waals surface area contributed by atoms with E-state index in [9.17, 15) is 4.39 Å². The SMILES string of the molecule is C=C=CNCC(c1ccc(C)c(-c2c(C)cncc2F)n1)C1CC1. The smallest absolute Gasteiger partial charge is 0.151 e. The third-order valence-corrected chi connectivity index (χ3v) is 4.56. The van der Waals surface area contributed by atoms with Crippen LogP contribution in [0.15, 0.2) is 43.0 Å². The van der Waals surface area contributed by atoms with Crippen molar-refractivity contribution in [2.45, 2.75) is 32.6 Å². The number of nitrogens with one attached hydrogen (secondary N) is 1. The first kappa shape index (κ1) is 16.4. The molecule has 0 aliphatic heterocycles. The van der Waals surface area contributed by atoms with Gasteiger partial charge >= 0.3 is 0 Å². The molecule has 0 amide bonds. The first-order valence-electron chi connectivity index (χ1n) is 8.27. The van der Waals surface area contributed by atoms with Crippen LogP contribution in [-0.4, -0.2) is 16.5 Å². The van der Waals surface area contributed by atoms with Gasteiger partial charge in [-0.1, -0.05) is 12.6 Å². The van der Waals surface area contributed by atoms with E-state index in [2.05, 4.69) is 28.7 Å². The van der Waals surface area contributed by atoms with Gasteiger partial charge in [-0.2, -0.15) is 0 Å². The van der Waals surface area contributed by atoms with Crippen LogP contribution in [0.25, 0.3) is 11.3 Å². The third kappa shape index (κ3) is 3.39. The average molecular weight is 323 g/mol. The van der Waals surface area contributed by atoms with Crippen molar-refractivity contribution in [3.63, 3.8) is 0 Å². The molecule has 1 aliphatic rings. The van der Waals surface area contributed by atoms with E-state index < -0.39 is 0 Å². The minimum absolute atomic E-state index is 0.319. The number of nitrogens with zero attached hydrogens (tertiary/aromatic N) is 2. The Labute approximate surface area is 142 Å². The van der Waals surface area contributed by atoms with Crippen LogP contribution < -0.4 is 5.32 Å². The maximum atomic E-state index is 14.3. The number of halogens is 1. The molecule has 0 bridgehead atoms. The summed E-state index contributed by atoms with van der Waals surface area (Å²) in [5.74, 6) is 0.639. The van der Waals surface area contributed by atoms with Gasteiger partial charge in [0.25, 0.3) is 0 Å². The summed E-state index contributed by atoms with van der Waals surface area (Å²) in [5, 5.41) is 3.23. The van der Waals surface area contributed by atoms with Gasteiger partial charge in [-0.25, -0.2) is 4.39 Å². The molecule has 0 saturated heterocycles. The normalized spacial score (nSPS) is 14.8. The van der Waals surface area contributed by atoms with Crippen LogP contribution in [-0.2, 0) is 0 Å². The molecule has 1 saturated carbocycles. The molecule has 1 fully saturated rings. The minimum Gasteiger partial charge on any atom is -0.384 e. The largest absolute Gasteiger partial charge is 0.384 e. The summed E-state index contributed by atoms with van der Waals surface area (Å²) in [6, 6.07) is 4.10. The van der Waals surface area contributed by atoms with Crippen molar-refractivity contribution in [1.82, 2.24) is 15.3 Å². The number of aryl methyl sites for hydroxylation is 2. The van der Waals surface area contributed by atoms with Crippen LogP contribution >= 0.6 is 0 Å². The van der Waals surface area contributed by atoms with Crippen LogP contribution in [0.5, 0.6) is 0 Å². The van der Waals surface area contributed by atoms with E-state index in [0.717, 1.165) is 29.1 Å². The maximum Gasteiger partial charge on any atom is 0.151 e. The van der Waals surface area contributed by atoms with Gasteiger partial charge in [-0.3, -0.25) is 9.97 Å². The summed E-state index contributed by atoms with van der Waals surface area (Å²) in [5.41, 5.74) is 6.79. The molecule has 24 heavy (non-hydrogen) atoms. The Morgan fingerprint density at radius 3 is 2.79 bits per heavy atom.